The van der Waals surface area contributed by atoms with E-state index in [2.05, 4.69) is 23.6 Å². The summed E-state index contributed by atoms with van der Waals surface area (Å²) in [6.45, 7) is 8.39. The molecule has 1 atom stereocenters. The van der Waals surface area contributed by atoms with Gasteiger partial charge in [-0.3, -0.25) is 4.90 Å². The third kappa shape index (κ3) is 3.29. The molecule has 0 bridgehead atoms. The van der Waals surface area contributed by atoms with E-state index in [1.54, 1.807) is 6.07 Å². The predicted octanol–water partition coefficient (Wildman–Crippen LogP) is 1.98. The lowest BCUT2D eigenvalue weighted by molar-refractivity contribution is 0.0601. The smallest absolute Gasteiger partial charge is 0.340 e. The van der Waals surface area contributed by atoms with Crippen LogP contribution in [-0.2, 0) is 4.74 Å². The Morgan fingerprint density at radius 1 is 1.43 bits per heavy atom. The lowest BCUT2D eigenvalue weighted by atomic mass is 10.1. The number of hydrogen-bond donors (Lipinski definition) is 1. The molecule has 0 amide bonds. The van der Waals surface area contributed by atoms with Crippen LogP contribution in [0.1, 0.15) is 30.6 Å². The molecule has 0 radical (unpaired) electrons. The van der Waals surface area contributed by atoms with Gasteiger partial charge < -0.3 is 15.4 Å². The number of rotatable bonds is 5. The summed E-state index contributed by atoms with van der Waals surface area (Å²) in [4.78, 5) is 16.7. The van der Waals surface area contributed by atoms with Gasteiger partial charge in [-0.1, -0.05) is 13.8 Å². The molecule has 0 aromatic heterocycles. The van der Waals surface area contributed by atoms with Gasteiger partial charge in [0, 0.05) is 24.8 Å². The van der Waals surface area contributed by atoms with Crippen LogP contribution in [0.3, 0.4) is 0 Å². The van der Waals surface area contributed by atoms with E-state index in [1.807, 2.05) is 12.1 Å². The molecule has 1 saturated heterocycles. The Balaban J connectivity index is 2.21. The van der Waals surface area contributed by atoms with Gasteiger partial charge in [-0.25, -0.2) is 4.79 Å². The number of ether oxygens (including phenoxy) is 1. The Kier molecular flexibility index (Phi) is 5.07. The van der Waals surface area contributed by atoms with E-state index < -0.39 is 0 Å². The van der Waals surface area contributed by atoms with Gasteiger partial charge >= 0.3 is 5.97 Å². The highest BCUT2D eigenvalue weighted by Crippen LogP contribution is 2.28. The van der Waals surface area contributed by atoms with Gasteiger partial charge in [0.25, 0.3) is 0 Å². The molecule has 2 N–H and O–H groups in total. The first kappa shape index (κ1) is 15.6. The number of anilines is 2. The highest BCUT2D eigenvalue weighted by molar-refractivity contribution is 5.97. The summed E-state index contributed by atoms with van der Waals surface area (Å²) in [6.07, 6.45) is 1.12. The molecule has 5 nitrogen and oxygen atoms in total. The van der Waals surface area contributed by atoms with Gasteiger partial charge in [-0.15, -0.1) is 0 Å². The Bertz CT molecular complexity index is 500. The first-order valence-corrected chi connectivity index (χ1v) is 7.57. The molecular weight excluding hydrogens is 266 g/mol. The van der Waals surface area contributed by atoms with Crippen molar-refractivity contribution in [1.29, 1.82) is 0 Å². The van der Waals surface area contributed by atoms with E-state index in [4.69, 9.17) is 10.5 Å². The van der Waals surface area contributed by atoms with Gasteiger partial charge in [0.15, 0.2) is 0 Å². The van der Waals surface area contributed by atoms with E-state index in [9.17, 15) is 4.79 Å². The predicted molar refractivity (Wildman–Crippen MR) is 85.7 cm³/mol. The van der Waals surface area contributed by atoms with Gasteiger partial charge in [0.2, 0.25) is 0 Å². The van der Waals surface area contributed by atoms with E-state index in [0.29, 0.717) is 17.3 Å². The molecule has 1 aromatic rings. The van der Waals surface area contributed by atoms with Crippen LogP contribution in [0.15, 0.2) is 18.2 Å². The zero-order chi connectivity index (χ0) is 15.4. The van der Waals surface area contributed by atoms with Crippen molar-refractivity contribution in [2.24, 2.45) is 0 Å². The van der Waals surface area contributed by atoms with E-state index in [0.717, 1.165) is 38.3 Å². The number of nitrogens with two attached hydrogens (primary N) is 1. The Morgan fingerprint density at radius 2 is 2.14 bits per heavy atom. The van der Waals surface area contributed by atoms with Crippen LogP contribution in [-0.4, -0.2) is 50.2 Å². The molecule has 0 aliphatic carbocycles. The average Bonchev–Trinajstić information content (AvgIpc) is 2.97. The van der Waals surface area contributed by atoms with Crippen molar-refractivity contribution >= 4 is 17.3 Å². The first-order chi connectivity index (χ1) is 10.1. The number of benzene rings is 1. The van der Waals surface area contributed by atoms with Crippen molar-refractivity contribution in [2.45, 2.75) is 26.3 Å². The Morgan fingerprint density at radius 3 is 2.76 bits per heavy atom. The third-order valence-corrected chi connectivity index (χ3v) is 4.26. The summed E-state index contributed by atoms with van der Waals surface area (Å²) in [7, 11) is 1.40. The lowest BCUT2D eigenvalue weighted by Crippen LogP contribution is -2.37. The third-order valence-electron chi connectivity index (χ3n) is 4.26. The molecule has 0 saturated carbocycles. The number of carbonyl (C=O) groups is 1. The van der Waals surface area contributed by atoms with Crippen LogP contribution in [0.2, 0.25) is 0 Å². The summed E-state index contributed by atoms with van der Waals surface area (Å²) in [5.41, 5.74) is 7.86. The quantitative estimate of drug-likeness (QED) is 0.664. The van der Waals surface area contributed by atoms with Gasteiger partial charge in [0.1, 0.15) is 0 Å². The minimum atomic E-state index is -0.330. The zero-order valence-electron chi connectivity index (χ0n) is 13.1. The molecule has 21 heavy (non-hydrogen) atoms. The van der Waals surface area contributed by atoms with Crippen LogP contribution < -0.4 is 10.6 Å². The monoisotopic (exact) mass is 291 g/mol. The van der Waals surface area contributed by atoms with Crippen LogP contribution in [0.4, 0.5) is 11.4 Å². The molecule has 116 valence electrons. The summed E-state index contributed by atoms with van der Waals surface area (Å²) < 4.78 is 4.88. The van der Waals surface area contributed by atoms with Crippen LogP contribution in [0, 0.1) is 0 Å². The second-order valence-electron chi connectivity index (χ2n) is 5.38. The molecule has 1 aliphatic heterocycles. The molecule has 1 heterocycles. The van der Waals surface area contributed by atoms with E-state index in [-0.39, 0.29) is 5.97 Å². The zero-order valence-corrected chi connectivity index (χ0v) is 13.1. The second kappa shape index (κ2) is 6.80. The lowest BCUT2D eigenvalue weighted by Gasteiger charge is -2.27. The standard InChI is InChI=1S/C16H25N3O2/c1-4-18(5-2)13-8-9-19(11-13)15-7-6-12(17)10-14(15)16(20)21-3/h6-7,10,13H,4-5,8-9,11,17H2,1-3H3. The maximum Gasteiger partial charge on any atom is 0.340 e. The average molecular weight is 291 g/mol. The molecule has 1 aromatic carbocycles. The number of esters is 1. The van der Waals surface area contributed by atoms with Crippen molar-refractivity contribution in [1.82, 2.24) is 4.90 Å². The summed E-state index contributed by atoms with van der Waals surface area (Å²) in [5, 5.41) is 0. The van der Waals surface area contributed by atoms with E-state index >= 15 is 0 Å². The maximum absolute atomic E-state index is 12.0. The van der Waals surface area contributed by atoms with Gasteiger partial charge in [-0.2, -0.15) is 0 Å². The molecule has 5 heteroatoms. The summed E-state index contributed by atoms with van der Waals surface area (Å²) >= 11 is 0. The summed E-state index contributed by atoms with van der Waals surface area (Å²) in [6, 6.07) is 6.01. The van der Waals surface area contributed by atoms with Crippen molar-refractivity contribution in [3.8, 4) is 0 Å². The molecule has 1 fully saturated rings. The number of likely N-dealkylation sites (N-methyl/N-ethyl adjacent to an activating group) is 1. The molecule has 1 unspecified atom stereocenters. The number of hydrogen-bond acceptors (Lipinski definition) is 5. The number of carbonyl (C=O) groups excluding carboxylic acids is 1. The highest BCUT2D eigenvalue weighted by Gasteiger charge is 2.28. The number of methoxy groups -OCH3 is 1. The van der Waals surface area contributed by atoms with Crippen molar-refractivity contribution in [3.05, 3.63) is 23.8 Å². The molecule has 0 spiro atoms. The van der Waals surface area contributed by atoms with E-state index in [1.165, 1.54) is 7.11 Å². The normalized spacial score (nSPS) is 18.3. The second-order valence-corrected chi connectivity index (χ2v) is 5.38. The minimum absolute atomic E-state index is 0.330. The fourth-order valence-corrected chi connectivity index (χ4v) is 3.10. The van der Waals surface area contributed by atoms with Gasteiger partial charge in [0.05, 0.1) is 18.4 Å². The fourth-order valence-electron chi connectivity index (χ4n) is 3.10. The van der Waals surface area contributed by atoms with Crippen molar-refractivity contribution in [2.75, 3.05) is 43.9 Å². The number of nitrogen functional groups attached to an aromatic ring is 1. The minimum Gasteiger partial charge on any atom is -0.465 e. The largest absolute Gasteiger partial charge is 0.465 e. The molecule has 2 rings (SSSR count). The molecular formula is C16H25N3O2. The number of nitrogens with zero attached hydrogens (tertiary/aromatic N) is 2. The van der Waals surface area contributed by atoms with Crippen molar-refractivity contribution in [3.63, 3.8) is 0 Å². The highest BCUT2D eigenvalue weighted by atomic mass is 16.5. The fraction of sp³-hybridized carbons (Fsp3) is 0.562. The molecule has 1 aliphatic rings. The van der Waals surface area contributed by atoms with Crippen LogP contribution in [0.5, 0.6) is 0 Å². The van der Waals surface area contributed by atoms with Crippen LogP contribution in [0.25, 0.3) is 0 Å². The Labute approximate surface area is 126 Å². The maximum atomic E-state index is 12.0. The SMILES string of the molecule is CCN(CC)C1CCN(c2ccc(N)cc2C(=O)OC)C1. The first-order valence-electron chi connectivity index (χ1n) is 7.57. The summed E-state index contributed by atoms with van der Waals surface area (Å²) in [5.74, 6) is -0.330. The van der Waals surface area contributed by atoms with Crippen LogP contribution >= 0.6 is 0 Å². The topological polar surface area (TPSA) is 58.8 Å². The van der Waals surface area contributed by atoms with Gasteiger partial charge in [-0.05, 0) is 37.7 Å². The Hall–Kier alpha value is -1.75. The van der Waals surface area contributed by atoms with Crippen molar-refractivity contribution < 1.29 is 9.53 Å².